The fourth-order valence-corrected chi connectivity index (χ4v) is 3.86. The summed E-state index contributed by atoms with van der Waals surface area (Å²) >= 11 is 0. The van der Waals surface area contributed by atoms with Crippen molar-refractivity contribution in [2.75, 3.05) is 0 Å². The quantitative estimate of drug-likeness (QED) is 0.559. The Morgan fingerprint density at radius 2 is 1.62 bits per heavy atom. The summed E-state index contributed by atoms with van der Waals surface area (Å²) in [5.74, 6) is 0. The van der Waals surface area contributed by atoms with E-state index in [1.54, 1.807) is 0 Å². The van der Waals surface area contributed by atoms with Gasteiger partial charge in [0.25, 0.3) is 0 Å². The molecular weight excluding hydrogens is 292 g/mol. The summed E-state index contributed by atoms with van der Waals surface area (Å²) in [6.07, 6.45) is 2.89. The van der Waals surface area contributed by atoms with E-state index in [9.17, 15) is 0 Å². The molecule has 24 heavy (non-hydrogen) atoms. The highest BCUT2D eigenvalue weighted by Crippen LogP contribution is 2.40. The molecule has 0 spiro atoms. The molecule has 2 nitrogen and oxygen atoms in total. The van der Waals surface area contributed by atoms with Crippen molar-refractivity contribution in [2.45, 2.75) is 12.5 Å². The van der Waals surface area contributed by atoms with E-state index in [0.29, 0.717) is 5.71 Å². The van der Waals surface area contributed by atoms with Gasteiger partial charge in [0.1, 0.15) is 6.04 Å². The number of para-hydroxylation sites is 1. The summed E-state index contributed by atoms with van der Waals surface area (Å²) in [7, 11) is 0. The zero-order valence-corrected chi connectivity index (χ0v) is 13.2. The van der Waals surface area contributed by atoms with Gasteiger partial charge in [-0.05, 0) is 46.4 Å². The van der Waals surface area contributed by atoms with Crippen LogP contribution in [0.3, 0.4) is 0 Å². The first-order chi connectivity index (χ1) is 11.8. The minimum Gasteiger partial charge on any atom is -0.303 e. The van der Waals surface area contributed by atoms with E-state index in [4.69, 9.17) is 10.4 Å². The number of hydrogen-bond acceptors (Lipinski definition) is 2. The van der Waals surface area contributed by atoms with Gasteiger partial charge in [-0.2, -0.15) is 0 Å². The van der Waals surface area contributed by atoms with Crippen LogP contribution < -0.4 is 10.6 Å². The number of fused-ring (bicyclic) bond motifs is 4. The average Bonchev–Trinajstić information content (AvgIpc) is 3.00. The van der Waals surface area contributed by atoms with Gasteiger partial charge in [0.05, 0.1) is 11.1 Å². The van der Waals surface area contributed by atoms with Crippen LogP contribution in [-0.2, 0) is 6.42 Å². The molecule has 1 heterocycles. The SMILES string of the molecule is N=C1C=c2ccccc2=NC1c1cccc2c1Cc1ccccc1-2. The summed E-state index contributed by atoms with van der Waals surface area (Å²) in [5.41, 5.74) is 7.04. The molecule has 0 fully saturated rings. The van der Waals surface area contributed by atoms with Gasteiger partial charge < -0.3 is 5.41 Å². The predicted octanol–water partition coefficient (Wildman–Crippen LogP) is 3.43. The summed E-state index contributed by atoms with van der Waals surface area (Å²) in [6.45, 7) is 0. The van der Waals surface area contributed by atoms with E-state index in [0.717, 1.165) is 17.0 Å². The molecule has 5 rings (SSSR count). The van der Waals surface area contributed by atoms with Gasteiger partial charge in [-0.1, -0.05) is 60.7 Å². The van der Waals surface area contributed by atoms with Crippen molar-refractivity contribution in [2.24, 2.45) is 4.99 Å². The lowest BCUT2D eigenvalue weighted by Crippen LogP contribution is -2.32. The lowest BCUT2D eigenvalue weighted by atomic mass is 9.92. The van der Waals surface area contributed by atoms with Crippen molar-refractivity contribution in [1.82, 2.24) is 0 Å². The fourth-order valence-electron chi connectivity index (χ4n) is 3.86. The smallest absolute Gasteiger partial charge is 0.117 e. The number of rotatable bonds is 1. The Balaban J connectivity index is 1.70. The minimum absolute atomic E-state index is 0.204. The molecule has 1 aliphatic carbocycles. The maximum absolute atomic E-state index is 8.49. The van der Waals surface area contributed by atoms with Crippen LogP contribution in [0.1, 0.15) is 22.7 Å². The standard InChI is InChI=1S/C22H16N2/c23-20-13-15-7-2-4-11-21(15)24-22(20)18-10-5-9-17-16-8-3-1-6-14(16)12-19(17)18/h1-11,13,22-23H,12H2. The first kappa shape index (κ1) is 13.4. The zero-order valence-electron chi connectivity index (χ0n) is 13.2. The van der Waals surface area contributed by atoms with Crippen LogP contribution in [-0.4, -0.2) is 5.71 Å². The van der Waals surface area contributed by atoms with Crippen LogP contribution in [0.25, 0.3) is 17.2 Å². The van der Waals surface area contributed by atoms with E-state index in [2.05, 4.69) is 42.5 Å². The van der Waals surface area contributed by atoms with Gasteiger partial charge in [-0.3, -0.25) is 4.99 Å². The maximum atomic E-state index is 8.49. The Labute approximate surface area is 140 Å². The Bertz CT molecular complexity index is 1110. The van der Waals surface area contributed by atoms with E-state index >= 15 is 0 Å². The van der Waals surface area contributed by atoms with Gasteiger partial charge in [0.2, 0.25) is 0 Å². The van der Waals surface area contributed by atoms with Crippen LogP contribution in [0, 0.1) is 5.41 Å². The van der Waals surface area contributed by atoms with E-state index in [-0.39, 0.29) is 6.04 Å². The molecule has 114 valence electrons. The van der Waals surface area contributed by atoms with Crippen LogP contribution in [0.15, 0.2) is 71.7 Å². The third kappa shape index (κ3) is 1.89. The monoisotopic (exact) mass is 308 g/mol. The second-order valence-electron chi connectivity index (χ2n) is 6.40. The number of hydrogen-bond donors (Lipinski definition) is 1. The summed E-state index contributed by atoms with van der Waals surface area (Å²) in [5, 5.41) is 10.5. The molecular formula is C22H16N2. The molecule has 1 unspecified atom stereocenters. The van der Waals surface area contributed by atoms with E-state index < -0.39 is 0 Å². The fraction of sp³-hybridized carbons (Fsp3) is 0.0909. The van der Waals surface area contributed by atoms with Crippen LogP contribution in [0.4, 0.5) is 0 Å². The Morgan fingerprint density at radius 1 is 0.833 bits per heavy atom. The number of benzene rings is 3. The highest BCUT2D eigenvalue weighted by molar-refractivity contribution is 6.12. The molecule has 0 bridgehead atoms. The van der Waals surface area contributed by atoms with Crippen molar-refractivity contribution < 1.29 is 0 Å². The third-order valence-corrected chi connectivity index (χ3v) is 4.99. The zero-order chi connectivity index (χ0) is 16.1. The van der Waals surface area contributed by atoms with Crippen LogP contribution >= 0.6 is 0 Å². The number of nitrogens with zero attached hydrogens (tertiary/aromatic N) is 1. The molecule has 1 atom stereocenters. The van der Waals surface area contributed by atoms with Crippen molar-refractivity contribution in [3.05, 3.63) is 94.0 Å². The van der Waals surface area contributed by atoms with Crippen molar-refractivity contribution in [3.8, 4) is 11.1 Å². The summed E-state index contributed by atoms with van der Waals surface area (Å²) in [6, 6.07) is 22.9. The van der Waals surface area contributed by atoms with Gasteiger partial charge in [0.15, 0.2) is 0 Å². The van der Waals surface area contributed by atoms with Crippen molar-refractivity contribution in [1.29, 1.82) is 5.41 Å². The minimum atomic E-state index is -0.204. The van der Waals surface area contributed by atoms with E-state index in [1.165, 1.54) is 27.8 Å². The van der Waals surface area contributed by atoms with Crippen molar-refractivity contribution in [3.63, 3.8) is 0 Å². The molecule has 0 amide bonds. The summed E-state index contributed by atoms with van der Waals surface area (Å²) in [4.78, 5) is 4.88. The summed E-state index contributed by atoms with van der Waals surface area (Å²) < 4.78 is 0. The molecule has 2 heteroatoms. The largest absolute Gasteiger partial charge is 0.303 e. The third-order valence-electron chi connectivity index (χ3n) is 4.99. The lowest BCUT2D eigenvalue weighted by molar-refractivity contribution is 0.890. The number of nitrogens with one attached hydrogen (secondary N) is 1. The predicted molar refractivity (Wildman–Crippen MR) is 96.8 cm³/mol. The lowest BCUT2D eigenvalue weighted by Gasteiger charge is -2.18. The van der Waals surface area contributed by atoms with Crippen molar-refractivity contribution >= 4 is 11.8 Å². The van der Waals surface area contributed by atoms with Gasteiger partial charge >= 0.3 is 0 Å². The first-order valence-corrected chi connectivity index (χ1v) is 8.24. The Kier molecular flexibility index (Phi) is 2.80. The average molecular weight is 308 g/mol. The molecule has 0 aromatic heterocycles. The topological polar surface area (TPSA) is 36.2 Å². The molecule has 3 aromatic carbocycles. The van der Waals surface area contributed by atoms with Crippen LogP contribution in [0.2, 0.25) is 0 Å². The molecule has 1 N–H and O–H groups in total. The van der Waals surface area contributed by atoms with Gasteiger partial charge in [-0.15, -0.1) is 0 Å². The highest BCUT2D eigenvalue weighted by atomic mass is 14.8. The maximum Gasteiger partial charge on any atom is 0.117 e. The Morgan fingerprint density at radius 3 is 2.58 bits per heavy atom. The molecule has 1 aliphatic heterocycles. The second kappa shape index (κ2) is 5.00. The molecule has 0 saturated carbocycles. The van der Waals surface area contributed by atoms with Crippen LogP contribution in [0.5, 0.6) is 0 Å². The Hall–Kier alpha value is -3.00. The van der Waals surface area contributed by atoms with Gasteiger partial charge in [-0.25, -0.2) is 0 Å². The molecule has 0 saturated heterocycles. The molecule has 2 aliphatic rings. The highest BCUT2D eigenvalue weighted by Gasteiger charge is 2.26. The van der Waals surface area contributed by atoms with Gasteiger partial charge in [0, 0.05) is 5.22 Å². The molecule has 0 radical (unpaired) electrons. The molecule has 3 aromatic rings. The first-order valence-electron chi connectivity index (χ1n) is 8.24. The second-order valence-corrected chi connectivity index (χ2v) is 6.40. The van der Waals surface area contributed by atoms with E-state index in [1.807, 2.05) is 30.3 Å². The normalized spacial score (nSPS) is 17.3.